The Morgan fingerprint density at radius 1 is 1.24 bits per heavy atom. The van der Waals surface area contributed by atoms with E-state index in [1.165, 1.54) is 0 Å². The number of hydrogen-bond donors (Lipinski definition) is 1. The molecule has 6 heteroatoms. The maximum Gasteiger partial charge on any atom is 0.389 e. The van der Waals surface area contributed by atoms with Crippen LogP contribution in [-0.2, 0) is 4.79 Å². The van der Waals surface area contributed by atoms with E-state index in [1.807, 2.05) is 0 Å². The minimum Gasteiger partial charge on any atom is -0.352 e. The summed E-state index contributed by atoms with van der Waals surface area (Å²) in [5.74, 6) is -0.501. The van der Waals surface area contributed by atoms with E-state index in [0.717, 1.165) is 32.1 Å². The normalized spacial score (nSPS) is 26.4. The molecule has 1 saturated carbocycles. The van der Waals surface area contributed by atoms with Crippen LogP contribution in [-0.4, -0.2) is 23.0 Å². The highest BCUT2D eigenvalue weighted by Gasteiger charge is 2.29. The van der Waals surface area contributed by atoms with Gasteiger partial charge in [-0.2, -0.15) is 13.2 Å². The molecule has 1 rings (SSSR count). The van der Waals surface area contributed by atoms with Gasteiger partial charge in [0.2, 0.25) is 5.91 Å². The Labute approximate surface area is 107 Å². The quantitative estimate of drug-likeness (QED) is 0.626. The molecule has 1 amide bonds. The Morgan fingerprint density at radius 2 is 1.88 bits per heavy atom. The lowest BCUT2D eigenvalue weighted by atomic mass is 10.1. The lowest BCUT2D eigenvalue weighted by Gasteiger charge is -2.21. The zero-order valence-electron chi connectivity index (χ0n) is 9.52. The summed E-state index contributed by atoms with van der Waals surface area (Å²) in [4.78, 5) is 11.6. The van der Waals surface area contributed by atoms with Crippen LogP contribution in [0.1, 0.15) is 44.9 Å². The molecular formula is C11H17BrF3NO. The minimum absolute atomic E-state index is 0.0294. The number of nitrogens with one attached hydrogen (secondary N) is 1. The molecule has 0 aromatic rings. The van der Waals surface area contributed by atoms with E-state index < -0.39 is 24.9 Å². The predicted octanol–water partition coefficient (Wildman–Crippen LogP) is 3.54. The van der Waals surface area contributed by atoms with Crippen molar-refractivity contribution in [2.75, 3.05) is 0 Å². The van der Waals surface area contributed by atoms with Gasteiger partial charge in [0.1, 0.15) is 0 Å². The number of alkyl halides is 4. The van der Waals surface area contributed by atoms with Gasteiger partial charge in [0, 0.05) is 17.3 Å². The molecule has 100 valence electrons. The van der Waals surface area contributed by atoms with Gasteiger partial charge in [-0.25, -0.2) is 0 Å². The zero-order chi connectivity index (χ0) is 12.9. The van der Waals surface area contributed by atoms with Crippen molar-refractivity contribution in [3.05, 3.63) is 0 Å². The predicted molar refractivity (Wildman–Crippen MR) is 63.0 cm³/mol. The third-order valence-electron chi connectivity index (χ3n) is 2.91. The van der Waals surface area contributed by atoms with E-state index >= 15 is 0 Å². The number of carbonyl (C=O) groups is 1. The lowest BCUT2D eigenvalue weighted by Crippen LogP contribution is -2.40. The highest BCUT2D eigenvalue weighted by atomic mass is 79.9. The van der Waals surface area contributed by atoms with E-state index in [-0.39, 0.29) is 10.9 Å². The number of rotatable bonds is 3. The van der Waals surface area contributed by atoms with Gasteiger partial charge < -0.3 is 5.32 Å². The van der Waals surface area contributed by atoms with Gasteiger partial charge in [-0.1, -0.05) is 35.2 Å². The molecule has 0 spiro atoms. The summed E-state index contributed by atoms with van der Waals surface area (Å²) in [7, 11) is 0. The SMILES string of the molecule is O=C(CCC(F)(F)F)NC1CCCCCC1Br. The monoisotopic (exact) mass is 315 g/mol. The lowest BCUT2D eigenvalue weighted by molar-refractivity contribution is -0.144. The van der Waals surface area contributed by atoms with Gasteiger partial charge >= 0.3 is 6.18 Å². The molecule has 0 saturated heterocycles. The van der Waals surface area contributed by atoms with Crippen molar-refractivity contribution in [2.45, 2.75) is 62.0 Å². The first-order valence-electron chi connectivity index (χ1n) is 5.88. The van der Waals surface area contributed by atoms with Crippen molar-refractivity contribution in [3.8, 4) is 0 Å². The van der Waals surface area contributed by atoms with Crippen molar-refractivity contribution in [1.82, 2.24) is 5.32 Å². The summed E-state index contributed by atoms with van der Waals surface area (Å²) in [5, 5.41) is 2.70. The molecule has 2 unspecified atom stereocenters. The van der Waals surface area contributed by atoms with Crippen molar-refractivity contribution in [1.29, 1.82) is 0 Å². The molecule has 1 aliphatic rings. The van der Waals surface area contributed by atoms with Gasteiger partial charge in [0.25, 0.3) is 0 Å². The molecule has 2 nitrogen and oxygen atoms in total. The first kappa shape index (κ1) is 14.8. The first-order valence-corrected chi connectivity index (χ1v) is 6.80. The van der Waals surface area contributed by atoms with Crippen molar-refractivity contribution >= 4 is 21.8 Å². The summed E-state index contributed by atoms with van der Waals surface area (Å²) in [5.41, 5.74) is 0. The van der Waals surface area contributed by atoms with Gasteiger partial charge in [-0.3, -0.25) is 4.79 Å². The van der Waals surface area contributed by atoms with Crippen LogP contribution in [0, 0.1) is 0 Å². The van der Waals surface area contributed by atoms with Crippen molar-refractivity contribution < 1.29 is 18.0 Å². The van der Waals surface area contributed by atoms with Gasteiger partial charge in [-0.15, -0.1) is 0 Å². The fraction of sp³-hybridized carbons (Fsp3) is 0.909. The minimum atomic E-state index is -4.26. The number of amides is 1. The topological polar surface area (TPSA) is 29.1 Å². The molecule has 2 atom stereocenters. The van der Waals surface area contributed by atoms with Gasteiger partial charge in [-0.05, 0) is 12.8 Å². The second-order valence-electron chi connectivity index (χ2n) is 4.44. The van der Waals surface area contributed by atoms with Crippen molar-refractivity contribution in [3.63, 3.8) is 0 Å². The molecule has 0 bridgehead atoms. The average Bonchev–Trinajstić information content (AvgIpc) is 2.41. The van der Waals surface area contributed by atoms with Crippen LogP contribution in [0.15, 0.2) is 0 Å². The molecular weight excluding hydrogens is 299 g/mol. The fourth-order valence-corrected chi connectivity index (χ4v) is 2.68. The maximum absolute atomic E-state index is 11.9. The molecule has 0 aromatic carbocycles. The fourth-order valence-electron chi connectivity index (χ4n) is 1.96. The third kappa shape index (κ3) is 6.29. The van der Waals surface area contributed by atoms with Crippen molar-refractivity contribution in [2.24, 2.45) is 0 Å². The Morgan fingerprint density at radius 3 is 2.53 bits per heavy atom. The smallest absolute Gasteiger partial charge is 0.352 e. The highest BCUT2D eigenvalue weighted by molar-refractivity contribution is 9.09. The zero-order valence-corrected chi connectivity index (χ0v) is 11.1. The first-order chi connectivity index (χ1) is 7.88. The number of carbonyl (C=O) groups excluding carboxylic acids is 1. The number of halogens is 4. The molecule has 0 aromatic heterocycles. The third-order valence-corrected chi connectivity index (χ3v) is 4.01. The van der Waals surface area contributed by atoms with E-state index in [2.05, 4.69) is 21.2 Å². The number of hydrogen-bond acceptors (Lipinski definition) is 1. The molecule has 1 N–H and O–H groups in total. The van der Waals surface area contributed by atoms with Gasteiger partial charge in [0.15, 0.2) is 0 Å². The Hall–Kier alpha value is -0.260. The average molecular weight is 316 g/mol. The molecule has 1 aliphatic carbocycles. The molecule has 0 heterocycles. The van der Waals surface area contributed by atoms with Crippen LogP contribution in [0.4, 0.5) is 13.2 Å². The van der Waals surface area contributed by atoms with Crippen LogP contribution in [0.2, 0.25) is 0 Å². The molecule has 17 heavy (non-hydrogen) atoms. The summed E-state index contributed by atoms with van der Waals surface area (Å²) in [6.07, 6.45) is -0.723. The molecule has 0 aliphatic heterocycles. The van der Waals surface area contributed by atoms with E-state index in [0.29, 0.717) is 0 Å². The second-order valence-corrected chi connectivity index (χ2v) is 5.62. The van der Waals surface area contributed by atoms with Crippen LogP contribution < -0.4 is 5.32 Å². The van der Waals surface area contributed by atoms with E-state index in [1.54, 1.807) is 0 Å². The van der Waals surface area contributed by atoms with E-state index in [9.17, 15) is 18.0 Å². The standard InChI is InChI=1S/C11H17BrF3NO/c12-8-4-2-1-3-5-9(8)16-10(17)6-7-11(13,14)15/h8-9H,1-7H2,(H,16,17). The van der Waals surface area contributed by atoms with Crippen LogP contribution in [0.25, 0.3) is 0 Å². The molecule has 1 fully saturated rings. The maximum atomic E-state index is 11.9. The highest BCUT2D eigenvalue weighted by Crippen LogP contribution is 2.25. The van der Waals surface area contributed by atoms with Crippen LogP contribution >= 0.6 is 15.9 Å². The van der Waals surface area contributed by atoms with E-state index in [4.69, 9.17) is 0 Å². The van der Waals surface area contributed by atoms with Crippen LogP contribution in [0.3, 0.4) is 0 Å². The second kappa shape index (κ2) is 6.61. The van der Waals surface area contributed by atoms with Gasteiger partial charge in [0.05, 0.1) is 6.42 Å². The summed E-state index contributed by atoms with van der Waals surface area (Å²) < 4.78 is 35.8. The Balaban J connectivity index is 2.33. The molecule has 0 radical (unpaired) electrons. The summed E-state index contributed by atoms with van der Waals surface area (Å²) >= 11 is 3.49. The summed E-state index contributed by atoms with van der Waals surface area (Å²) in [6.45, 7) is 0. The Bertz CT molecular complexity index is 258. The Kier molecular flexibility index (Phi) is 5.76. The summed E-state index contributed by atoms with van der Waals surface area (Å²) in [6, 6.07) is -0.0294. The van der Waals surface area contributed by atoms with Crippen LogP contribution in [0.5, 0.6) is 0 Å². The largest absolute Gasteiger partial charge is 0.389 e.